The van der Waals surface area contributed by atoms with Crippen molar-refractivity contribution in [3.63, 3.8) is 0 Å². The lowest BCUT2D eigenvalue weighted by molar-refractivity contribution is -0.128. The average Bonchev–Trinajstić information content (AvgIpc) is 2.66. The van der Waals surface area contributed by atoms with Crippen LogP contribution in [-0.4, -0.2) is 58.3 Å². The van der Waals surface area contributed by atoms with Crippen molar-refractivity contribution in [3.05, 3.63) is 29.8 Å². The minimum atomic E-state index is -0.629. The van der Waals surface area contributed by atoms with E-state index in [-0.39, 0.29) is 29.6 Å². The number of hydrogen-bond donors (Lipinski definition) is 3. The van der Waals surface area contributed by atoms with E-state index in [9.17, 15) is 9.59 Å². The first-order valence-electron chi connectivity index (χ1n) is 9.35. The molecule has 0 radical (unpaired) electrons. The molecule has 1 aliphatic heterocycles. The van der Waals surface area contributed by atoms with Crippen molar-refractivity contribution in [2.45, 2.75) is 32.2 Å². The topological polar surface area (TPSA) is 88.7 Å². The van der Waals surface area contributed by atoms with Crippen LogP contribution in [0.3, 0.4) is 0 Å². The van der Waals surface area contributed by atoms with Gasteiger partial charge in [-0.1, -0.05) is 12.1 Å². The van der Waals surface area contributed by atoms with Gasteiger partial charge in [0.05, 0.1) is 13.7 Å². The quantitative estimate of drug-likeness (QED) is 0.567. The monoisotopic (exact) mass is 413 g/mol. The van der Waals surface area contributed by atoms with E-state index in [1.165, 1.54) is 6.92 Å². The Kier molecular flexibility index (Phi) is 10.3. The maximum Gasteiger partial charge on any atom is 0.242 e. The molecule has 158 valence electrons. The lowest BCUT2D eigenvalue weighted by atomic mass is 9.79. The average molecular weight is 414 g/mol. The molecule has 0 saturated carbocycles. The Morgan fingerprint density at radius 3 is 2.57 bits per heavy atom. The van der Waals surface area contributed by atoms with Gasteiger partial charge in [-0.05, 0) is 43.6 Å². The van der Waals surface area contributed by atoms with Crippen LogP contribution in [0.2, 0.25) is 0 Å². The minimum absolute atomic E-state index is 0. The summed E-state index contributed by atoms with van der Waals surface area (Å²) in [6.45, 7) is 4.40. The highest BCUT2D eigenvalue weighted by Gasteiger charge is 2.33. The molecule has 1 fully saturated rings. The summed E-state index contributed by atoms with van der Waals surface area (Å²) in [5, 5.41) is 9.14. The van der Waals surface area contributed by atoms with Gasteiger partial charge in [0.2, 0.25) is 11.8 Å². The Hall–Kier alpha value is -1.83. The van der Waals surface area contributed by atoms with Crippen molar-refractivity contribution < 1.29 is 19.1 Å². The number of halogens is 1. The first-order valence-corrected chi connectivity index (χ1v) is 9.35. The highest BCUT2D eigenvalue weighted by Crippen LogP contribution is 2.28. The van der Waals surface area contributed by atoms with Crippen molar-refractivity contribution >= 4 is 24.2 Å². The van der Waals surface area contributed by atoms with Crippen molar-refractivity contribution in [2.75, 3.05) is 40.5 Å². The zero-order valence-corrected chi connectivity index (χ0v) is 17.7. The fourth-order valence-corrected chi connectivity index (χ4v) is 3.52. The van der Waals surface area contributed by atoms with Crippen LogP contribution in [0.25, 0.3) is 0 Å². The summed E-state index contributed by atoms with van der Waals surface area (Å²) in [6.07, 6.45) is 2.30. The molecule has 3 N–H and O–H groups in total. The lowest BCUT2D eigenvalue weighted by Gasteiger charge is -2.37. The SMILES string of the molecule is COCC1(CNC(=O)C(Cc2cccc(OC)c2)NC(C)=O)CCNCC1.Cl. The zero-order chi connectivity index (χ0) is 19.7. The molecule has 0 spiro atoms. The maximum absolute atomic E-state index is 12.8. The van der Waals surface area contributed by atoms with Crippen LogP contribution in [0.4, 0.5) is 0 Å². The van der Waals surface area contributed by atoms with Gasteiger partial charge in [-0.3, -0.25) is 9.59 Å². The van der Waals surface area contributed by atoms with Gasteiger partial charge in [-0.15, -0.1) is 12.4 Å². The van der Waals surface area contributed by atoms with Gasteiger partial charge in [-0.2, -0.15) is 0 Å². The third kappa shape index (κ3) is 7.30. The van der Waals surface area contributed by atoms with E-state index < -0.39 is 6.04 Å². The number of amides is 2. The molecule has 2 amide bonds. The Bertz CT molecular complexity index is 630. The van der Waals surface area contributed by atoms with Gasteiger partial charge in [-0.25, -0.2) is 0 Å². The van der Waals surface area contributed by atoms with Crippen LogP contribution in [0.5, 0.6) is 5.75 Å². The molecule has 1 aromatic carbocycles. The number of nitrogens with one attached hydrogen (secondary N) is 3. The third-order valence-corrected chi connectivity index (χ3v) is 5.02. The number of carbonyl (C=O) groups excluding carboxylic acids is 2. The summed E-state index contributed by atoms with van der Waals surface area (Å²) in [5.74, 6) is 0.316. The fourth-order valence-electron chi connectivity index (χ4n) is 3.52. The smallest absolute Gasteiger partial charge is 0.242 e. The summed E-state index contributed by atoms with van der Waals surface area (Å²) >= 11 is 0. The van der Waals surface area contributed by atoms with E-state index in [1.807, 2.05) is 24.3 Å². The molecule has 2 rings (SSSR count). The van der Waals surface area contributed by atoms with Gasteiger partial charge >= 0.3 is 0 Å². The zero-order valence-electron chi connectivity index (χ0n) is 16.9. The van der Waals surface area contributed by atoms with Gasteiger partial charge in [0, 0.05) is 32.4 Å². The first-order chi connectivity index (χ1) is 13.0. The molecular formula is C20H32ClN3O4. The van der Waals surface area contributed by atoms with Gasteiger partial charge < -0.3 is 25.4 Å². The van der Waals surface area contributed by atoms with Crippen LogP contribution in [0.15, 0.2) is 24.3 Å². The second-order valence-electron chi connectivity index (χ2n) is 7.21. The highest BCUT2D eigenvalue weighted by molar-refractivity contribution is 5.87. The predicted octanol–water partition coefficient (Wildman–Crippen LogP) is 1.30. The lowest BCUT2D eigenvalue weighted by Crippen LogP contribution is -2.52. The van der Waals surface area contributed by atoms with E-state index in [1.54, 1.807) is 14.2 Å². The van der Waals surface area contributed by atoms with Crippen LogP contribution in [-0.2, 0) is 20.7 Å². The number of methoxy groups -OCH3 is 2. The second kappa shape index (κ2) is 11.9. The van der Waals surface area contributed by atoms with Crippen LogP contribution in [0.1, 0.15) is 25.3 Å². The van der Waals surface area contributed by atoms with Crippen LogP contribution < -0.4 is 20.7 Å². The van der Waals surface area contributed by atoms with E-state index in [0.717, 1.165) is 37.2 Å². The molecule has 7 nitrogen and oxygen atoms in total. The number of ether oxygens (including phenoxy) is 2. The van der Waals surface area contributed by atoms with Crippen molar-refractivity contribution in [1.29, 1.82) is 0 Å². The molecule has 0 bridgehead atoms. The highest BCUT2D eigenvalue weighted by atomic mass is 35.5. The Balaban J connectivity index is 0.00000392. The summed E-state index contributed by atoms with van der Waals surface area (Å²) in [6, 6.07) is 6.89. The van der Waals surface area contributed by atoms with Crippen molar-refractivity contribution in [1.82, 2.24) is 16.0 Å². The van der Waals surface area contributed by atoms with E-state index >= 15 is 0 Å². The van der Waals surface area contributed by atoms with E-state index in [4.69, 9.17) is 9.47 Å². The standard InChI is InChI=1S/C20H31N3O4.ClH/c1-15(24)23-18(12-16-5-4-6-17(11-16)27-3)19(25)22-13-20(14-26-2)7-9-21-10-8-20;/h4-6,11,18,21H,7-10,12-14H2,1-3H3,(H,22,25)(H,23,24);1H. The van der Waals surface area contributed by atoms with Crippen molar-refractivity contribution in [2.24, 2.45) is 5.41 Å². The summed E-state index contributed by atoms with van der Waals surface area (Å²) < 4.78 is 10.6. The Morgan fingerprint density at radius 1 is 1.25 bits per heavy atom. The van der Waals surface area contributed by atoms with Crippen LogP contribution >= 0.6 is 12.4 Å². The summed E-state index contributed by atoms with van der Waals surface area (Å²) in [7, 11) is 3.29. The number of piperidine rings is 1. The molecule has 1 saturated heterocycles. The molecule has 1 atom stereocenters. The Morgan fingerprint density at radius 2 is 1.96 bits per heavy atom. The number of benzene rings is 1. The van der Waals surface area contributed by atoms with Gasteiger partial charge in [0.25, 0.3) is 0 Å². The molecule has 0 aromatic heterocycles. The normalized spacial score (nSPS) is 16.4. The van der Waals surface area contributed by atoms with Gasteiger partial charge in [0.15, 0.2) is 0 Å². The molecule has 8 heteroatoms. The molecule has 28 heavy (non-hydrogen) atoms. The molecule has 1 aromatic rings. The second-order valence-corrected chi connectivity index (χ2v) is 7.21. The predicted molar refractivity (Wildman–Crippen MR) is 111 cm³/mol. The van der Waals surface area contributed by atoms with E-state index in [2.05, 4.69) is 16.0 Å². The third-order valence-electron chi connectivity index (χ3n) is 5.02. The molecule has 1 heterocycles. The number of carbonyl (C=O) groups is 2. The molecule has 1 aliphatic rings. The van der Waals surface area contributed by atoms with E-state index in [0.29, 0.717) is 19.6 Å². The first kappa shape index (κ1) is 24.2. The summed E-state index contributed by atoms with van der Waals surface area (Å²) in [4.78, 5) is 24.4. The summed E-state index contributed by atoms with van der Waals surface area (Å²) in [5.41, 5.74) is 0.864. The molecule has 0 aliphatic carbocycles. The maximum atomic E-state index is 12.8. The number of rotatable bonds is 9. The fraction of sp³-hybridized carbons (Fsp3) is 0.600. The van der Waals surface area contributed by atoms with Crippen LogP contribution in [0, 0.1) is 5.41 Å². The molecule has 1 unspecified atom stereocenters. The minimum Gasteiger partial charge on any atom is -0.497 e. The largest absolute Gasteiger partial charge is 0.497 e. The number of hydrogen-bond acceptors (Lipinski definition) is 5. The van der Waals surface area contributed by atoms with Gasteiger partial charge in [0.1, 0.15) is 11.8 Å². The van der Waals surface area contributed by atoms with Crippen molar-refractivity contribution in [3.8, 4) is 5.75 Å². The molecular weight excluding hydrogens is 382 g/mol. The Labute approximate surface area is 173 Å².